The van der Waals surface area contributed by atoms with Gasteiger partial charge in [0.05, 0.1) is 5.69 Å². The molecule has 1 heterocycles. The van der Waals surface area contributed by atoms with Crippen molar-refractivity contribution in [1.29, 1.82) is 0 Å². The molecule has 0 saturated carbocycles. The molecule has 0 fully saturated rings. The number of carbonyl (C=O) groups is 3. The molecule has 2 rings (SSSR count). The molecular formula is C12H12FN3O5. The first-order chi connectivity index (χ1) is 9.86. The van der Waals surface area contributed by atoms with Gasteiger partial charge in [-0.2, -0.15) is 0 Å². The monoisotopic (exact) mass is 297 g/mol. The number of halogens is 1. The van der Waals surface area contributed by atoms with E-state index >= 15 is 0 Å². The van der Waals surface area contributed by atoms with Gasteiger partial charge in [-0.25, -0.2) is 9.18 Å². The Balaban J connectivity index is 2.14. The number of hydrogen-bond donors (Lipinski definition) is 3. The predicted octanol–water partition coefficient (Wildman–Crippen LogP) is -0.135. The third kappa shape index (κ3) is 3.38. The molecule has 0 aliphatic carbocycles. The van der Waals surface area contributed by atoms with Gasteiger partial charge < -0.3 is 26.3 Å². The van der Waals surface area contributed by atoms with Gasteiger partial charge in [-0.05, 0) is 12.1 Å². The lowest BCUT2D eigenvalue weighted by Gasteiger charge is -2.27. The Morgan fingerprint density at radius 1 is 1.43 bits per heavy atom. The van der Waals surface area contributed by atoms with E-state index < -0.39 is 35.9 Å². The number of amides is 3. The van der Waals surface area contributed by atoms with E-state index in [0.717, 1.165) is 12.1 Å². The standard InChI is InChI=1S/C12H12FN3O5/c13-5-1-2-7-6(3-5)16-11(18)9(20-7)4-8(10(14)17)21-12(15)19/h1-3,8-9H,4H2,(H2,14,17)(H2,15,19)(H,16,18)/t8-,9-/m0/s1. The largest absolute Gasteiger partial charge is 0.478 e. The summed E-state index contributed by atoms with van der Waals surface area (Å²) in [4.78, 5) is 33.7. The third-order valence-corrected chi connectivity index (χ3v) is 2.77. The smallest absolute Gasteiger partial charge is 0.405 e. The molecule has 1 aromatic rings. The van der Waals surface area contributed by atoms with Crippen molar-refractivity contribution in [2.45, 2.75) is 18.6 Å². The van der Waals surface area contributed by atoms with Crippen molar-refractivity contribution in [3.05, 3.63) is 24.0 Å². The molecule has 2 atom stereocenters. The van der Waals surface area contributed by atoms with Gasteiger partial charge in [0.2, 0.25) is 0 Å². The first kappa shape index (κ1) is 14.6. The Hall–Kier alpha value is -2.84. The minimum absolute atomic E-state index is 0.169. The number of carbonyl (C=O) groups excluding carboxylic acids is 3. The summed E-state index contributed by atoms with van der Waals surface area (Å²) in [5.41, 5.74) is 10.0. The molecular weight excluding hydrogens is 285 g/mol. The van der Waals surface area contributed by atoms with Gasteiger partial charge in [-0.3, -0.25) is 9.59 Å². The Bertz CT molecular complexity index is 607. The van der Waals surface area contributed by atoms with Crippen LogP contribution in [0.15, 0.2) is 18.2 Å². The highest BCUT2D eigenvalue weighted by Gasteiger charge is 2.33. The highest BCUT2D eigenvalue weighted by Crippen LogP contribution is 2.31. The minimum Gasteiger partial charge on any atom is -0.478 e. The van der Waals surface area contributed by atoms with Crippen LogP contribution in [0, 0.1) is 5.82 Å². The number of hydrogen-bond acceptors (Lipinski definition) is 5. The SMILES string of the molecule is NC(=O)O[C@@H](C[C@@H]1Oc2ccc(F)cc2NC1=O)C(N)=O. The fourth-order valence-corrected chi connectivity index (χ4v) is 1.83. The highest BCUT2D eigenvalue weighted by molar-refractivity contribution is 5.98. The number of rotatable bonds is 4. The van der Waals surface area contributed by atoms with Crippen molar-refractivity contribution >= 4 is 23.6 Å². The van der Waals surface area contributed by atoms with Crippen LogP contribution in [0.3, 0.4) is 0 Å². The minimum atomic E-state index is -1.40. The summed E-state index contributed by atoms with van der Waals surface area (Å²) in [5, 5.41) is 2.42. The number of primary amides is 2. The first-order valence-electron chi connectivity index (χ1n) is 5.89. The molecule has 112 valence electrons. The molecule has 0 radical (unpaired) electrons. The second-order valence-corrected chi connectivity index (χ2v) is 4.30. The summed E-state index contributed by atoms with van der Waals surface area (Å²) in [6, 6.07) is 3.57. The van der Waals surface area contributed by atoms with Crippen LogP contribution in [-0.2, 0) is 14.3 Å². The zero-order chi connectivity index (χ0) is 15.6. The molecule has 1 aliphatic heterocycles. The lowest BCUT2D eigenvalue weighted by atomic mass is 10.1. The van der Waals surface area contributed by atoms with Crippen LogP contribution >= 0.6 is 0 Å². The third-order valence-electron chi connectivity index (χ3n) is 2.77. The van der Waals surface area contributed by atoms with Gasteiger partial charge in [-0.15, -0.1) is 0 Å². The molecule has 0 bridgehead atoms. The Morgan fingerprint density at radius 3 is 2.76 bits per heavy atom. The van der Waals surface area contributed by atoms with Gasteiger partial charge in [0.25, 0.3) is 11.8 Å². The van der Waals surface area contributed by atoms with E-state index in [0.29, 0.717) is 0 Å². The van der Waals surface area contributed by atoms with Crippen molar-refractivity contribution in [1.82, 2.24) is 0 Å². The van der Waals surface area contributed by atoms with E-state index in [9.17, 15) is 18.8 Å². The van der Waals surface area contributed by atoms with Gasteiger partial charge in [-0.1, -0.05) is 0 Å². The van der Waals surface area contributed by atoms with Crippen LogP contribution in [0.25, 0.3) is 0 Å². The number of nitrogens with two attached hydrogens (primary N) is 2. The molecule has 1 aliphatic rings. The van der Waals surface area contributed by atoms with Crippen LogP contribution < -0.4 is 21.5 Å². The van der Waals surface area contributed by atoms with Gasteiger partial charge >= 0.3 is 6.09 Å². The van der Waals surface area contributed by atoms with Gasteiger partial charge in [0.15, 0.2) is 12.2 Å². The van der Waals surface area contributed by atoms with Crippen LogP contribution in [0.1, 0.15) is 6.42 Å². The van der Waals surface area contributed by atoms with E-state index in [2.05, 4.69) is 10.1 Å². The maximum absolute atomic E-state index is 13.0. The van der Waals surface area contributed by atoms with E-state index in [1.54, 1.807) is 0 Å². The van der Waals surface area contributed by atoms with E-state index in [4.69, 9.17) is 16.2 Å². The maximum atomic E-state index is 13.0. The van der Waals surface area contributed by atoms with Gasteiger partial charge in [0, 0.05) is 12.5 Å². The molecule has 0 aromatic heterocycles. The number of anilines is 1. The molecule has 21 heavy (non-hydrogen) atoms. The molecule has 5 N–H and O–H groups in total. The van der Waals surface area contributed by atoms with E-state index in [1.165, 1.54) is 6.07 Å². The summed E-state index contributed by atoms with van der Waals surface area (Å²) < 4.78 is 22.9. The van der Waals surface area contributed by atoms with Crippen LogP contribution in [0.5, 0.6) is 5.75 Å². The molecule has 0 unspecified atom stereocenters. The van der Waals surface area contributed by atoms with Crippen LogP contribution in [-0.4, -0.2) is 30.1 Å². The predicted molar refractivity (Wildman–Crippen MR) is 67.7 cm³/mol. The van der Waals surface area contributed by atoms with Crippen molar-refractivity contribution in [2.24, 2.45) is 11.5 Å². The van der Waals surface area contributed by atoms with Gasteiger partial charge in [0.1, 0.15) is 11.6 Å². The molecule has 0 spiro atoms. The maximum Gasteiger partial charge on any atom is 0.405 e. The first-order valence-corrected chi connectivity index (χ1v) is 5.89. The van der Waals surface area contributed by atoms with Crippen molar-refractivity contribution in [3.63, 3.8) is 0 Å². The number of benzene rings is 1. The van der Waals surface area contributed by atoms with Crippen molar-refractivity contribution in [3.8, 4) is 5.75 Å². The molecule has 9 heteroatoms. The van der Waals surface area contributed by atoms with Crippen LogP contribution in [0.2, 0.25) is 0 Å². The van der Waals surface area contributed by atoms with E-state index in [-0.39, 0.29) is 17.9 Å². The summed E-state index contributed by atoms with van der Waals surface area (Å²) >= 11 is 0. The van der Waals surface area contributed by atoms with Crippen molar-refractivity contribution < 1.29 is 28.2 Å². The summed E-state index contributed by atoms with van der Waals surface area (Å²) in [6.45, 7) is 0. The summed E-state index contributed by atoms with van der Waals surface area (Å²) in [7, 11) is 0. The topological polar surface area (TPSA) is 134 Å². The van der Waals surface area contributed by atoms with E-state index in [1.807, 2.05) is 0 Å². The molecule has 1 aromatic carbocycles. The molecule has 3 amide bonds. The Kier molecular flexibility index (Phi) is 3.92. The molecule has 0 saturated heterocycles. The number of fused-ring (bicyclic) bond motifs is 1. The lowest BCUT2D eigenvalue weighted by molar-refractivity contribution is -0.130. The highest BCUT2D eigenvalue weighted by atomic mass is 19.1. The Labute approximate surface area is 118 Å². The number of nitrogens with one attached hydrogen (secondary N) is 1. The zero-order valence-corrected chi connectivity index (χ0v) is 10.7. The summed E-state index contributed by atoms with van der Waals surface area (Å²) in [6.07, 6.45) is -4.03. The quantitative estimate of drug-likeness (QED) is 0.711. The normalized spacial score (nSPS) is 18.0. The second-order valence-electron chi connectivity index (χ2n) is 4.30. The zero-order valence-electron chi connectivity index (χ0n) is 10.7. The fourth-order valence-electron chi connectivity index (χ4n) is 1.83. The van der Waals surface area contributed by atoms with Crippen molar-refractivity contribution in [2.75, 3.05) is 5.32 Å². The fraction of sp³-hybridized carbons (Fsp3) is 0.250. The molecule has 8 nitrogen and oxygen atoms in total. The number of ether oxygens (including phenoxy) is 2. The average Bonchev–Trinajstić information content (AvgIpc) is 2.38. The Morgan fingerprint density at radius 2 is 2.14 bits per heavy atom. The summed E-state index contributed by atoms with van der Waals surface area (Å²) in [5.74, 6) is -1.89. The average molecular weight is 297 g/mol. The second kappa shape index (κ2) is 5.65. The van der Waals surface area contributed by atoms with Crippen LogP contribution in [0.4, 0.5) is 14.9 Å². The lowest BCUT2D eigenvalue weighted by Crippen LogP contribution is -2.44.